The minimum Gasteiger partial charge on any atom is -0.497 e. The number of rotatable bonds is 10. The molecule has 2 aromatic rings. The van der Waals surface area contributed by atoms with Crippen LogP contribution in [0.25, 0.3) is 0 Å². The lowest BCUT2D eigenvalue weighted by atomic mass is 10.2. The Labute approximate surface area is 195 Å². The number of nitrogens with one attached hydrogen (secondary N) is 2. The minimum absolute atomic E-state index is 0. The molecule has 2 N–H and O–H groups in total. The summed E-state index contributed by atoms with van der Waals surface area (Å²) in [5, 5.41) is 6.61. The molecule has 0 aliphatic heterocycles. The number of benzene rings is 1. The van der Waals surface area contributed by atoms with Gasteiger partial charge in [0.1, 0.15) is 11.5 Å². The van der Waals surface area contributed by atoms with Gasteiger partial charge in [-0.3, -0.25) is 0 Å². The van der Waals surface area contributed by atoms with Crippen LogP contribution in [-0.2, 0) is 13.1 Å². The largest absolute Gasteiger partial charge is 0.497 e. The van der Waals surface area contributed by atoms with Gasteiger partial charge in [0, 0.05) is 37.0 Å². The number of hydrogen-bond donors (Lipinski definition) is 2. The SMILES string of the molecule is CCNC(=NCc1ccc(OCC2CC2)nc1)NCc1ccc(OC)cc1OC.I. The van der Waals surface area contributed by atoms with E-state index in [0.29, 0.717) is 19.0 Å². The summed E-state index contributed by atoms with van der Waals surface area (Å²) in [7, 11) is 3.30. The molecule has 0 saturated heterocycles. The van der Waals surface area contributed by atoms with Crippen LogP contribution in [0.15, 0.2) is 41.5 Å². The Hall–Kier alpha value is -2.23. The zero-order chi connectivity index (χ0) is 20.5. The monoisotopic (exact) mass is 526 g/mol. The molecule has 8 heteroatoms. The molecule has 164 valence electrons. The summed E-state index contributed by atoms with van der Waals surface area (Å²) in [4.78, 5) is 9.02. The molecule has 1 aliphatic rings. The lowest BCUT2D eigenvalue weighted by Crippen LogP contribution is -2.36. The molecule has 1 aliphatic carbocycles. The lowest BCUT2D eigenvalue weighted by Gasteiger charge is -2.14. The van der Waals surface area contributed by atoms with Gasteiger partial charge in [-0.05, 0) is 43.4 Å². The second-order valence-electron chi connectivity index (χ2n) is 6.99. The number of hydrogen-bond acceptors (Lipinski definition) is 5. The van der Waals surface area contributed by atoms with Crippen molar-refractivity contribution >= 4 is 29.9 Å². The van der Waals surface area contributed by atoms with Gasteiger partial charge in [-0.15, -0.1) is 24.0 Å². The minimum atomic E-state index is 0. The molecule has 3 rings (SSSR count). The number of aliphatic imine (C=N–C) groups is 1. The van der Waals surface area contributed by atoms with Gasteiger partial charge in [-0.1, -0.05) is 6.07 Å². The summed E-state index contributed by atoms with van der Waals surface area (Å²) in [5.41, 5.74) is 2.06. The molecule has 0 bridgehead atoms. The number of methoxy groups -OCH3 is 2. The van der Waals surface area contributed by atoms with Crippen LogP contribution in [-0.4, -0.2) is 38.3 Å². The molecule has 1 fully saturated rings. The highest BCUT2D eigenvalue weighted by atomic mass is 127. The van der Waals surface area contributed by atoms with E-state index in [1.807, 2.05) is 43.5 Å². The van der Waals surface area contributed by atoms with E-state index in [1.165, 1.54) is 12.8 Å². The number of halogens is 1. The maximum Gasteiger partial charge on any atom is 0.213 e. The summed E-state index contributed by atoms with van der Waals surface area (Å²) in [6, 6.07) is 9.70. The third kappa shape index (κ3) is 7.55. The molecular formula is C22H31IN4O3. The summed E-state index contributed by atoms with van der Waals surface area (Å²) in [5.74, 6) is 3.68. The molecule has 0 atom stereocenters. The molecule has 1 saturated carbocycles. The van der Waals surface area contributed by atoms with Crippen molar-refractivity contribution in [2.75, 3.05) is 27.4 Å². The quantitative estimate of drug-likeness (QED) is 0.279. The summed E-state index contributed by atoms with van der Waals surface area (Å²) in [6.07, 6.45) is 4.37. The highest BCUT2D eigenvalue weighted by molar-refractivity contribution is 14.0. The van der Waals surface area contributed by atoms with Crippen molar-refractivity contribution in [3.63, 3.8) is 0 Å². The van der Waals surface area contributed by atoms with E-state index in [9.17, 15) is 0 Å². The Morgan fingerprint density at radius 1 is 1.13 bits per heavy atom. The van der Waals surface area contributed by atoms with E-state index in [2.05, 4.69) is 20.6 Å². The fourth-order valence-electron chi connectivity index (χ4n) is 2.77. The molecule has 0 spiro atoms. The van der Waals surface area contributed by atoms with Crippen molar-refractivity contribution < 1.29 is 14.2 Å². The van der Waals surface area contributed by atoms with Gasteiger partial charge in [-0.2, -0.15) is 0 Å². The Bertz CT molecular complexity index is 811. The molecule has 0 unspecified atom stereocenters. The second kappa shape index (κ2) is 12.5. The van der Waals surface area contributed by atoms with Gasteiger partial charge in [0.05, 0.1) is 27.4 Å². The van der Waals surface area contributed by atoms with Crippen LogP contribution >= 0.6 is 24.0 Å². The highest BCUT2D eigenvalue weighted by Gasteiger charge is 2.22. The van der Waals surface area contributed by atoms with Crippen molar-refractivity contribution in [1.29, 1.82) is 0 Å². The molecule has 1 aromatic carbocycles. The van der Waals surface area contributed by atoms with Gasteiger partial charge in [-0.25, -0.2) is 9.98 Å². The average molecular weight is 526 g/mol. The fraction of sp³-hybridized carbons (Fsp3) is 0.455. The van der Waals surface area contributed by atoms with Crippen LogP contribution in [0.3, 0.4) is 0 Å². The van der Waals surface area contributed by atoms with Crippen molar-refractivity contribution in [1.82, 2.24) is 15.6 Å². The van der Waals surface area contributed by atoms with Crippen molar-refractivity contribution in [3.8, 4) is 17.4 Å². The first-order valence-electron chi connectivity index (χ1n) is 10.0. The highest BCUT2D eigenvalue weighted by Crippen LogP contribution is 2.29. The predicted molar refractivity (Wildman–Crippen MR) is 129 cm³/mol. The summed E-state index contributed by atoms with van der Waals surface area (Å²) < 4.78 is 16.4. The molecule has 30 heavy (non-hydrogen) atoms. The summed E-state index contributed by atoms with van der Waals surface area (Å²) >= 11 is 0. The number of ether oxygens (including phenoxy) is 3. The lowest BCUT2D eigenvalue weighted by molar-refractivity contribution is 0.288. The molecule has 1 aromatic heterocycles. The maximum atomic E-state index is 5.68. The van der Waals surface area contributed by atoms with Gasteiger partial charge in [0.2, 0.25) is 5.88 Å². The number of pyridine rings is 1. The normalized spacial score (nSPS) is 13.2. The third-order valence-corrected chi connectivity index (χ3v) is 4.67. The summed E-state index contributed by atoms with van der Waals surface area (Å²) in [6.45, 7) is 4.71. The van der Waals surface area contributed by atoms with Crippen LogP contribution in [0.2, 0.25) is 0 Å². The van der Waals surface area contributed by atoms with E-state index in [0.717, 1.165) is 47.7 Å². The fourth-order valence-corrected chi connectivity index (χ4v) is 2.77. The third-order valence-electron chi connectivity index (χ3n) is 4.67. The zero-order valence-corrected chi connectivity index (χ0v) is 20.1. The van der Waals surface area contributed by atoms with Gasteiger partial charge in [0.15, 0.2) is 5.96 Å². The van der Waals surface area contributed by atoms with Crippen LogP contribution in [0, 0.1) is 5.92 Å². The molecule has 1 heterocycles. The van der Waals surface area contributed by atoms with Gasteiger partial charge < -0.3 is 24.8 Å². The van der Waals surface area contributed by atoms with E-state index < -0.39 is 0 Å². The Kier molecular flexibility index (Phi) is 9.99. The number of aromatic nitrogens is 1. The van der Waals surface area contributed by atoms with Crippen molar-refractivity contribution in [2.45, 2.75) is 32.9 Å². The number of nitrogens with zero attached hydrogens (tertiary/aromatic N) is 2. The van der Waals surface area contributed by atoms with E-state index >= 15 is 0 Å². The van der Waals surface area contributed by atoms with Crippen LogP contribution < -0.4 is 24.8 Å². The molecular weight excluding hydrogens is 495 g/mol. The van der Waals surface area contributed by atoms with Gasteiger partial charge in [0.25, 0.3) is 0 Å². The Morgan fingerprint density at radius 3 is 2.60 bits per heavy atom. The van der Waals surface area contributed by atoms with Gasteiger partial charge >= 0.3 is 0 Å². The van der Waals surface area contributed by atoms with Crippen LogP contribution in [0.5, 0.6) is 17.4 Å². The van der Waals surface area contributed by atoms with Crippen LogP contribution in [0.4, 0.5) is 0 Å². The first kappa shape index (κ1) is 24.0. The van der Waals surface area contributed by atoms with Crippen LogP contribution in [0.1, 0.15) is 30.9 Å². The van der Waals surface area contributed by atoms with E-state index in [4.69, 9.17) is 14.2 Å². The van der Waals surface area contributed by atoms with E-state index in [1.54, 1.807) is 14.2 Å². The maximum absolute atomic E-state index is 5.68. The van der Waals surface area contributed by atoms with Crippen molar-refractivity contribution in [2.24, 2.45) is 10.9 Å². The average Bonchev–Trinajstić information content (AvgIpc) is 3.59. The Balaban J connectivity index is 0.00000320. The Morgan fingerprint density at radius 2 is 1.97 bits per heavy atom. The molecule has 0 radical (unpaired) electrons. The standard InChI is InChI=1S/C22H30N4O3.HI/c1-4-23-22(26-14-18-8-9-19(27-2)11-20(18)28-3)25-13-17-7-10-21(24-12-17)29-15-16-5-6-16;/h7-12,16H,4-6,13-15H2,1-3H3,(H2,23,25,26);1H. The molecule has 0 amide bonds. The van der Waals surface area contributed by atoms with E-state index in [-0.39, 0.29) is 24.0 Å². The topological polar surface area (TPSA) is 77.0 Å². The zero-order valence-electron chi connectivity index (χ0n) is 17.8. The molecule has 7 nitrogen and oxygen atoms in total. The smallest absolute Gasteiger partial charge is 0.213 e. The van der Waals surface area contributed by atoms with Crippen molar-refractivity contribution in [3.05, 3.63) is 47.7 Å². The predicted octanol–water partition coefficient (Wildman–Crippen LogP) is 3.76. The number of guanidine groups is 1. The first-order chi connectivity index (χ1) is 14.2. The first-order valence-corrected chi connectivity index (χ1v) is 10.0. The second-order valence-corrected chi connectivity index (χ2v) is 6.99.